The van der Waals surface area contributed by atoms with Crippen molar-refractivity contribution < 1.29 is 4.74 Å². The summed E-state index contributed by atoms with van der Waals surface area (Å²) < 4.78 is 7.59. The molecule has 0 bridgehead atoms. The Balaban J connectivity index is 1.97. The minimum atomic E-state index is 0.587. The molecule has 2 aromatic rings. The van der Waals surface area contributed by atoms with E-state index in [0.29, 0.717) is 6.04 Å². The standard InChI is InChI=1S/C15H21N3O/c1-3-18-14-7-6-12(19-2)10-13(14)17-15(18)9-11-5-4-8-16-11/h6-7,10-11,16H,3-5,8-9H2,1-2H3. The SMILES string of the molecule is CCn1c(CC2CCCN2)nc2cc(OC)ccc21. The number of nitrogens with zero attached hydrogens (tertiary/aromatic N) is 2. The van der Waals surface area contributed by atoms with Crippen molar-refractivity contribution in [2.24, 2.45) is 0 Å². The van der Waals surface area contributed by atoms with Crippen molar-refractivity contribution in [2.75, 3.05) is 13.7 Å². The molecule has 1 aromatic carbocycles. The summed E-state index contributed by atoms with van der Waals surface area (Å²) in [6.45, 7) is 4.28. The lowest BCUT2D eigenvalue weighted by molar-refractivity contribution is 0.415. The number of imidazole rings is 1. The van der Waals surface area contributed by atoms with E-state index >= 15 is 0 Å². The molecule has 3 rings (SSSR count). The first-order chi connectivity index (χ1) is 9.31. The Labute approximate surface area is 113 Å². The molecule has 0 spiro atoms. The third-order valence-corrected chi connectivity index (χ3v) is 3.94. The molecule has 1 N–H and O–H groups in total. The summed E-state index contributed by atoms with van der Waals surface area (Å²) in [5.41, 5.74) is 2.24. The quantitative estimate of drug-likeness (QED) is 0.916. The number of aromatic nitrogens is 2. The average molecular weight is 259 g/mol. The second-order valence-electron chi connectivity index (χ2n) is 5.12. The van der Waals surface area contributed by atoms with Crippen LogP contribution in [0.4, 0.5) is 0 Å². The van der Waals surface area contributed by atoms with E-state index in [4.69, 9.17) is 9.72 Å². The average Bonchev–Trinajstić information content (AvgIpc) is 3.05. The highest BCUT2D eigenvalue weighted by atomic mass is 16.5. The van der Waals surface area contributed by atoms with E-state index in [1.54, 1.807) is 7.11 Å². The predicted octanol–water partition coefficient (Wildman–Crippen LogP) is 2.36. The largest absolute Gasteiger partial charge is 0.497 e. The fourth-order valence-electron chi connectivity index (χ4n) is 2.95. The highest BCUT2D eigenvalue weighted by molar-refractivity contribution is 5.77. The minimum Gasteiger partial charge on any atom is -0.497 e. The fraction of sp³-hybridized carbons (Fsp3) is 0.533. The van der Waals surface area contributed by atoms with Gasteiger partial charge in [0, 0.05) is 25.1 Å². The van der Waals surface area contributed by atoms with Crippen LogP contribution < -0.4 is 10.1 Å². The molecule has 1 aromatic heterocycles. The molecule has 1 unspecified atom stereocenters. The van der Waals surface area contributed by atoms with E-state index in [9.17, 15) is 0 Å². The Morgan fingerprint density at radius 3 is 3.05 bits per heavy atom. The third-order valence-electron chi connectivity index (χ3n) is 3.94. The topological polar surface area (TPSA) is 39.1 Å². The van der Waals surface area contributed by atoms with Gasteiger partial charge in [0.25, 0.3) is 0 Å². The van der Waals surface area contributed by atoms with Crippen LogP contribution in [0.25, 0.3) is 11.0 Å². The molecule has 4 nitrogen and oxygen atoms in total. The monoisotopic (exact) mass is 259 g/mol. The maximum atomic E-state index is 5.28. The van der Waals surface area contributed by atoms with E-state index in [0.717, 1.165) is 30.8 Å². The number of hydrogen-bond donors (Lipinski definition) is 1. The summed E-state index contributed by atoms with van der Waals surface area (Å²) in [6.07, 6.45) is 3.56. The summed E-state index contributed by atoms with van der Waals surface area (Å²) in [6, 6.07) is 6.72. The molecule has 4 heteroatoms. The Kier molecular flexibility index (Phi) is 3.42. The molecule has 1 aliphatic heterocycles. The Morgan fingerprint density at radius 1 is 1.47 bits per heavy atom. The normalized spacial score (nSPS) is 19.2. The molecule has 1 atom stereocenters. The molecule has 19 heavy (non-hydrogen) atoms. The number of rotatable bonds is 4. The summed E-state index contributed by atoms with van der Waals surface area (Å²) >= 11 is 0. The minimum absolute atomic E-state index is 0.587. The number of ether oxygens (including phenoxy) is 1. The zero-order chi connectivity index (χ0) is 13.2. The van der Waals surface area contributed by atoms with Gasteiger partial charge < -0.3 is 14.6 Å². The van der Waals surface area contributed by atoms with Crippen LogP contribution in [0.2, 0.25) is 0 Å². The summed E-state index contributed by atoms with van der Waals surface area (Å²) in [4.78, 5) is 4.80. The molecule has 1 saturated heterocycles. The summed E-state index contributed by atoms with van der Waals surface area (Å²) in [7, 11) is 1.70. The Hall–Kier alpha value is -1.55. The molecular weight excluding hydrogens is 238 g/mol. The van der Waals surface area contributed by atoms with Crippen LogP contribution in [0.1, 0.15) is 25.6 Å². The van der Waals surface area contributed by atoms with Gasteiger partial charge >= 0.3 is 0 Å². The van der Waals surface area contributed by atoms with Crippen molar-refractivity contribution in [1.29, 1.82) is 0 Å². The van der Waals surface area contributed by atoms with Gasteiger partial charge in [0.1, 0.15) is 11.6 Å². The van der Waals surface area contributed by atoms with Gasteiger partial charge in [-0.2, -0.15) is 0 Å². The van der Waals surface area contributed by atoms with Crippen LogP contribution in [-0.2, 0) is 13.0 Å². The van der Waals surface area contributed by atoms with Gasteiger partial charge in [0.2, 0.25) is 0 Å². The number of methoxy groups -OCH3 is 1. The molecule has 0 amide bonds. The summed E-state index contributed by atoms with van der Waals surface area (Å²) in [5.74, 6) is 2.06. The maximum absolute atomic E-state index is 5.28. The van der Waals surface area contributed by atoms with E-state index in [-0.39, 0.29) is 0 Å². The van der Waals surface area contributed by atoms with Crippen LogP contribution in [0.15, 0.2) is 18.2 Å². The number of hydrogen-bond acceptors (Lipinski definition) is 3. The lowest BCUT2D eigenvalue weighted by Gasteiger charge is -2.11. The molecule has 1 fully saturated rings. The first-order valence-corrected chi connectivity index (χ1v) is 7.08. The van der Waals surface area contributed by atoms with Crippen LogP contribution in [0.3, 0.4) is 0 Å². The number of benzene rings is 1. The maximum Gasteiger partial charge on any atom is 0.121 e. The first-order valence-electron chi connectivity index (χ1n) is 7.08. The summed E-state index contributed by atoms with van der Waals surface area (Å²) in [5, 5.41) is 3.55. The van der Waals surface area contributed by atoms with Crippen LogP contribution >= 0.6 is 0 Å². The van der Waals surface area contributed by atoms with Crippen molar-refractivity contribution in [3.8, 4) is 5.75 Å². The van der Waals surface area contributed by atoms with Crippen molar-refractivity contribution >= 4 is 11.0 Å². The highest BCUT2D eigenvalue weighted by Crippen LogP contribution is 2.23. The molecule has 0 aliphatic carbocycles. The van der Waals surface area contributed by atoms with Gasteiger partial charge in [-0.1, -0.05) is 0 Å². The number of nitrogens with one attached hydrogen (secondary N) is 1. The van der Waals surface area contributed by atoms with Crippen molar-refractivity contribution in [2.45, 2.75) is 38.8 Å². The molecule has 0 radical (unpaired) electrons. The van der Waals surface area contributed by atoms with Crippen molar-refractivity contribution in [3.05, 3.63) is 24.0 Å². The van der Waals surface area contributed by atoms with Crippen LogP contribution in [0, 0.1) is 0 Å². The van der Waals surface area contributed by atoms with Gasteiger partial charge in [-0.15, -0.1) is 0 Å². The van der Waals surface area contributed by atoms with Gasteiger partial charge in [-0.25, -0.2) is 4.98 Å². The molecule has 102 valence electrons. The Morgan fingerprint density at radius 2 is 2.37 bits per heavy atom. The van der Waals surface area contributed by atoms with E-state index in [1.165, 1.54) is 24.2 Å². The van der Waals surface area contributed by atoms with Gasteiger partial charge in [0.05, 0.1) is 18.1 Å². The second kappa shape index (κ2) is 5.21. The smallest absolute Gasteiger partial charge is 0.121 e. The lowest BCUT2D eigenvalue weighted by atomic mass is 10.1. The number of fused-ring (bicyclic) bond motifs is 1. The zero-order valence-corrected chi connectivity index (χ0v) is 11.6. The van der Waals surface area contributed by atoms with E-state index in [2.05, 4.69) is 22.9 Å². The van der Waals surface area contributed by atoms with Gasteiger partial charge in [0.15, 0.2) is 0 Å². The predicted molar refractivity (Wildman–Crippen MR) is 76.7 cm³/mol. The highest BCUT2D eigenvalue weighted by Gasteiger charge is 2.18. The fourth-order valence-corrected chi connectivity index (χ4v) is 2.95. The molecular formula is C15H21N3O. The van der Waals surface area contributed by atoms with Gasteiger partial charge in [-0.05, 0) is 38.4 Å². The Bertz CT molecular complexity index is 570. The van der Waals surface area contributed by atoms with Gasteiger partial charge in [-0.3, -0.25) is 0 Å². The van der Waals surface area contributed by atoms with E-state index in [1.807, 2.05) is 12.1 Å². The van der Waals surface area contributed by atoms with Crippen molar-refractivity contribution in [1.82, 2.24) is 14.9 Å². The molecule has 0 saturated carbocycles. The number of aryl methyl sites for hydroxylation is 1. The van der Waals surface area contributed by atoms with Crippen LogP contribution in [-0.4, -0.2) is 29.2 Å². The second-order valence-corrected chi connectivity index (χ2v) is 5.12. The van der Waals surface area contributed by atoms with Crippen LogP contribution in [0.5, 0.6) is 5.75 Å². The lowest BCUT2D eigenvalue weighted by Crippen LogP contribution is -2.25. The van der Waals surface area contributed by atoms with E-state index < -0.39 is 0 Å². The molecule has 2 heterocycles. The zero-order valence-electron chi connectivity index (χ0n) is 11.6. The molecule has 1 aliphatic rings. The van der Waals surface area contributed by atoms with Crippen molar-refractivity contribution in [3.63, 3.8) is 0 Å². The third kappa shape index (κ3) is 2.32. The first kappa shape index (κ1) is 12.5.